The minimum atomic E-state index is 0.143. The highest BCUT2D eigenvalue weighted by Gasteiger charge is 2.13. The van der Waals surface area contributed by atoms with Gasteiger partial charge < -0.3 is 5.32 Å². The van der Waals surface area contributed by atoms with Gasteiger partial charge in [-0.05, 0) is 53.8 Å². The van der Waals surface area contributed by atoms with Crippen molar-refractivity contribution < 1.29 is 0 Å². The van der Waals surface area contributed by atoms with Crippen molar-refractivity contribution in [3.05, 3.63) is 48.1 Å². The third-order valence-corrected chi connectivity index (χ3v) is 4.55. The highest BCUT2D eigenvalue weighted by Crippen LogP contribution is 2.36. The fourth-order valence-electron chi connectivity index (χ4n) is 1.55. The number of thiophene rings is 1. The Labute approximate surface area is 128 Å². The Hall–Kier alpha value is 0.0300. The first-order valence-electron chi connectivity index (χ1n) is 5.03. The van der Waals surface area contributed by atoms with E-state index in [-0.39, 0.29) is 6.04 Å². The molecule has 0 saturated heterocycles. The van der Waals surface area contributed by atoms with Crippen molar-refractivity contribution in [1.82, 2.24) is 0 Å². The Morgan fingerprint density at radius 1 is 1.29 bits per heavy atom. The van der Waals surface area contributed by atoms with Crippen LogP contribution in [0.5, 0.6) is 0 Å². The molecule has 1 N–H and O–H groups in total. The molecule has 0 fully saturated rings. The van der Waals surface area contributed by atoms with Gasteiger partial charge in [-0.3, -0.25) is 0 Å². The summed E-state index contributed by atoms with van der Waals surface area (Å²) in [5, 5.41) is 3.41. The molecule has 5 heteroatoms. The maximum absolute atomic E-state index is 6.13. The van der Waals surface area contributed by atoms with Crippen LogP contribution in [0.25, 0.3) is 0 Å². The monoisotopic (exact) mass is 397 g/mol. The highest BCUT2D eigenvalue weighted by atomic mass is 127. The first kappa shape index (κ1) is 13.5. The Bertz CT molecular complexity index is 527. The van der Waals surface area contributed by atoms with Crippen LogP contribution in [0.1, 0.15) is 18.5 Å². The van der Waals surface area contributed by atoms with Gasteiger partial charge in [0.25, 0.3) is 0 Å². The van der Waals surface area contributed by atoms with Crippen LogP contribution in [-0.4, -0.2) is 0 Å². The van der Waals surface area contributed by atoms with Gasteiger partial charge in [0, 0.05) is 14.8 Å². The third-order valence-electron chi connectivity index (χ3n) is 2.36. The predicted molar refractivity (Wildman–Crippen MR) is 85.5 cm³/mol. The number of halogens is 3. The summed E-state index contributed by atoms with van der Waals surface area (Å²) in [6, 6.07) is 10.3. The van der Waals surface area contributed by atoms with Crippen molar-refractivity contribution in [1.29, 1.82) is 0 Å². The number of benzene rings is 1. The average molecular weight is 398 g/mol. The molecule has 0 spiro atoms. The molecule has 1 nitrogen and oxygen atoms in total. The van der Waals surface area contributed by atoms with E-state index in [0.717, 1.165) is 19.9 Å². The summed E-state index contributed by atoms with van der Waals surface area (Å²) in [5.41, 5.74) is 2.13. The summed E-state index contributed by atoms with van der Waals surface area (Å²) < 4.78 is 2.68. The van der Waals surface area contributed by atoms with Gasteiger partial charge in [-0.1, -0.05) is 29.3 Å². The van der Waals surface area contributed by atoms with Crippen LogP contribution in [0.3, 0.4) is 0 Å². The van der Waals surface area contributed by atoms with Crippen LogP contribution in [0.15, 0.2) is 30.3 Å². The third kappa shape index (κ3) is 3.50. The second-order valence-electron chi connectivity index (χ2n) is 3.66. The van der Waals surface area contributed by atoms with Gasteiger partial charge in [0.15, 0.2) is 0 Å². The lowest BCUT2D eigenvalue weighted by Gasteiger charge is -2.14. The molecule has 0 bridgehead atoms. The van der Waals surface area contributed by atoms with E-state index in [0.29, 0.717) is 0 Å². The van der Waals surface area contributed by atoms with Crippen LogP contribution < -0.4 is 5.32 Å². The zero-order valence-electron chi connectivity index (χ0n) is 9.01. The summed E-state index contributed by atoms with van der Waals surface area (Å²) in [6.07, 6.45) is 0. The van der Waals surface area contributed by atoms with E-state index in [2.05, 4.69) is 47.0 Å². The van der Waals surface area contributed by atoms with Gasteiger partial charge in [-0.25, -0.2) is 0 Å². The number of rotatable bonds is 3. The van der Waals surface area contributed by atoms with E-state index in [1.807, 2.05) is 18.2 Å². The van der Waals surface area contributed by atoms with Crippen molar-refractivity contribution in [3.63, 3.8) is 0 Å². The van der Waals surface area contributed by atoms with Crippen molar-refractivity contribution in [2.75, 3.05) is 5.32 Å². The number of hydrogen-bond acceptors (Lipinski definition) is 2. The molecule has 1 heterocycles. The fourth-order valence-corrected chi connectivity index (χ4v) is 3.74. The van der Waals surface area contributed by atoms with Crippen molar-refractivity contribution in [3.8, 4) is 0 Å². The lowest BCUT2D eigenvalue weighted by atomic mass is 10.1. The van der Waals surface area contributed by atoms with E-state index in [4.69, 9.17) is 23.2 Å². The predicted octanol–water partition coefficient (Wildman–Crippen LogP) is 5.83. The largest absolute Gasteiger partial charge is 0.378 e. The summed E-state index contributed by atoms with van der Waals surface area (Å²) in [6.45, 7) is 2.07. The zero-order valence-corrected chi connectivity index (χ0v) is 13.5. The minimum Gasteiger partial charge on any atom is -0.378 e. The summed E-state index contributed by atoms with van der Waals surface area (Å²) in [4.78, 5) is 0. The van der Waals surface area contributed by atoms with Gasteiger partial charge in [0.1, 0.15) is 0 Å². The van der Waals surface area contributed by atoms with Gasteiger partial charge in [0.2, 0.25) is 0 Å². The van der Waals surface area contributed by atoms with Crippen molar-refractivity contribution >= 4 is 62.8 Å². The molecule has 0 aliphatic rings. The molecule has 0 aliphatic heterocycles. The van der Waals surface area contributed by atoms with Gasteiger partial charge >= 0.3 is 0 Å². The molecule has 0 saturated carbocycles. The summed E-state index contributed by atoms with van der Waals surface area (Å²) in [7, 11) is 0. The smallest absolute Gasteiger partial charge is 0.0996 e. The lowest BCUT2D eigenvalue weighted by molar-refractivity contribution is 0.890. The van der Waals surface area contributed by atoms with E-state index >= 15 is 0 Å². The molecule has 1 unspecified atom stereocenters. The zero-order chi connectivity index (χ0) is 12.4. The first-order valence-corrected chi connectivity index (χ1v) is 7.68. The van der Waals surface area contributed by atoms with Crippen molar-refractivity contribution in [2.45, 2.75) is 13.0 Å². The maximum atomic E-state index is 6.13. The van der Waals surface area contributed by atoms with E-state index in [1.54, 1.807) is 0 Å². The molecule has 0 radical (unpaired) electrons. The maximum Gasteiger partial charge on any atom is 0.0996 e. The Balaban J connectivity index is 2.16. The van der Waals surface area contributed by atoms with Crippen LogP contribution in [0, 0.1) is 3.57 Å². The van der Waals surface area contributed by atoms with E-state index in [9.17, 15) is 0 Å². The van der Waals surface area contributed by atoms with Gasteiger partial charge in [-0.2, -0.15) is 0 Å². The lowest BCUT2D eigenvalue weighted by Crippen LogP contribution is -2.05. The van der Waals surface area contributed by atoms with Crippen LogP contribution in [-0.2, 0) is 0 Å². The molecule has 90 valence electrons. The normalized spacial score (nSPS) is 12.5. The summed E-state index contributed by atoms with van der Waals surface area (Å²) in [5.74, 6) is 0. The molecule has 0 aliphatic carbocycles. The summed E-state index contributed by atoms with van der Waals surface area (Å²) >= 11 is 15.8. The fraction of sp³-hybridized carbons (Fsp3) is 0.167. The second kappa shape index (κ2) is 5.78. The number of hydrogen-bond donors (Lipinski definition) is 1. The minimum absolute atomic E-state index is 0.143. The van der Waals surface area contributed by atoms with Crippen molar-refractivity contribution in [2.24, 2.45) is 0 Å². The molecule has 1 aromatic carbocycles. The molecule has 1 atom stereocenters. The Kier molecular flexibility index (Phi) is 4.58. The number of nitrogens with one attached hydrogen (secondary N) is 1. The van der Waals surface area contributed by atoms with E-state index in [1.165, 1.54) is 14.9 Å². The Morgan fingerprint density at radius 3 is 2.65 bits per heavy atom. The first-order chi connectivity index (χ1) is 8.06. The molecule has 2 rings (SSSR count). The van der Waals surface area contributed by atoms with E-state index < -0.39 is 0 Å². The van der Waals surface area contributed by atoms with Crippen LogP contribution >= 0.6 is 57.1 Å². The van der Waals surface area contributed by atoms with Gasteiger partial charge in [-0.15, -0.1) is 11.3 Å². The molecule has 2 aromatic rings. The second-order valence-corrected chi connectivity index (χ2v) is 7.19. The molecular formula is C12H10Cl2INS. The molecular weight excluding hydrogens is 388 g/mol. The Morgan fingerprint density at radius 2 is 2.06 bits per heavy atom. The highest BCUT2D eigenvalue weighted by molar-refractivity contribution is 14.1. The van der Waals surface area contributed by atoms with Gasteiger partial charge in [0.05, 0.1) is 14.7 Å². The van der Waals surface area contributed by atoms with Crippen LogP contribution in [0.4, 0.5) is 5.69 Å². The molecule has 17 heavy (non-hydrogen) atoms. The molecule has 0 amide bonds. The quantitative estimate of drug-likeness (QED) is 0.642. The average Bonchev–Trinajstić information content (AvgIpc) is 2.58. The molecule has 1 aromatic heterocycles. The SMILES string of the molecule is CC(Nc1cccc(I)c1)c1cc(Cl)sc1Cl. The topological polar surface area (TPSA) is 12.0 Å². The standard InChI is InChI=1S/C12H10Cl2INS/c1-7(10-6-11(13)17-12(10)14)16-9-4-2-3-8(15)5-9/h2-7,16H,1H3. The van der Waals surface area contributed by atoms with Crippen LogP contribution in [0.2, 0.25) is 8.67 Å². The number of anilines is 1.